The quantitative estimate of drug-likeness (QED) is 0.249. The number of aliphatic hydroxyl groups excluding tert-OH is 1. The average molecular weight is 418 g/mol. The zero-order valence-corrected chi connectivity index (χ0v) is 20.3. The predicted molar refractivity (Wildman–Crippen MR) is 97.5 cm³/mol. The topological polar surface area (TPSA) is 124 Å². The van der Waals surface area contributed by atoms with Crippen molar-refractivity contribution in [3.05, 3.63) is 24.8 Å². The maximum Gasteiger partial charge on any atom is 1.00 e. The summed E-state index contributed by atoms with van der Waals surface area (Å²) in [5.41, 5.74) is 0.347. The largest absolute Gasteiger partial charge is 1.00 e. The van der Waals surface area contributed by atoms with E-state index in [1.807, 2.05) is 19.6 Å². The van der Waals surface area contributed by atoms with Gasteiger partial charge in [0, 0.05) is 18.6 Å². The zero-order valence-electron chi connectivity index (χ0n) is 16.4. The summed E-state index contributed by atoms with van der Waals surface area (Å²) >= 11 is 0. The standard InChI is InChI=1S/C8H16O3Si.C7H13NO4S.Na/c1-7(5-6-9)8(10)11-12(2,3)4;1-4-7(9)6(8(2)3)5-13(10,11)12;/h9H,1,5-6H2,2-4H3;4,6H,1,5H2,2-3H3,(H,10,11,12);/q;;+1/p-1. The van der Waals surface area contributed by atoms with E-state index in [0.717, 1.165) is 6.08 Å². The number of ketones is 1. The summed E-state index contributed by atoms with van der Waals surface area (Å²) in [7, 11) is -3.14. The number of carbonyl (C=O) groups is 2. The Balaban J connectivity index is -0.000000393. The Hall–Kier alpha value is -0.333. The number of likely N-dealkylation sites (N-methyl/N-ethyl adjacent to an activating group) is 1. The van der Waals surface area contributed by atoms with Gasteiger partial charge in [-0.25, -0.2) is 13.2 Å². The van der Waals surface area contributed by atoms with Crippen LogP contribution in [0.1, 0.15) is 6.42 Å². The first-order chi connectivity index (χ1) is 11.1. The van der Waals surface area contributed by atoms with Crippen molar-refractivity contribution >= 4 is 30.2 Å². The molecule has 0 spiro atoms. The summed E-state index contributed by atoms with van der Waals surface area (Å²) in [6.45, 7) is 12.5. The van der Waals surface area contributed by atoms with E-state index in [9.17, 15) is 22.6 Å². The van der Waals surface area contributed by atoms with Crippen LogP contribution in [0.2, 0.25) is 19.6 Å². The Morgan fingerprint density at radius 3 is 2.04 bits per heavy atom. The molecule has 0 radical (unpaired) electrons. The molecule has 0 bridgehead atoms. The Kier molecular flexibility index (Phi) is 16.1. The molecule has 26 heavy (non-hydrogen) atoms. The van der Waals surface area contributed by atoms with Gasteiger partial charge in [0.1, 0.15) is 0 Å². The van der Waals surface area contributed by atoms with Crippen molar-refractivity contribution in [1.82, 2.24) is 4.90 Å². The molecule has 0 saturated carbocycles. The van der Waals surface area contributed by atoms with Gasteiger partial charge in [0.05, 0.1) is 21.9 Å². The van der Waals surface area contributed by atoms with Crippen LogP contribution >= 0.6 is 0 Å². The van der Waals surface area contributed by atoms with E-state index in [1.165, 1.54) is 19.0 Å². The second-order valence-electron chi connectivity index (χ2n) is 6.39. The second-order valence-corrected chi connectivity index (χ2v) is 12.3. The Labute approximate surface area is 179 Å². The molecule has 0 amide bonds. The minimum Gasteiger partial charge on any atom is -0.748 e. The maximum absolute atomic E-state index is 11.2. The van der Waals surface area contributed by atoms with Gasteiger partial charge in [-0.15, -0.1) is 0 Å². The number of aliphatic hydroxyl groups is 1. The van der Waals surface area contributed by atoms with Crippen LogP contribution in [0.4, 0.5) is 0 Å². The molecule has 1 atom stereocenters. The zero-order chi connectivity index (χ0) is 20.4. The summed E-state index contributed by atoms with van der Waals surface area (Å²) in [6.07, 6.45) is 1.30. The van der Waals surface area contributed by atoms with Crippen LogP contribution < -0.4 is 29.6 Å². The third-order valence-electron chi connectivity index (χ3n) is 2.62. The maximum atomic E-state index is 11.2. The van der Waals surface area contributed by atoms with Crippen molar-refractivity contribution in [1.29, 1.82) is 0 Å². The summed E-state index contributed by atoms with van der Waals surface area (Å²) in [5, 5.41) is 8.53. The van der Waals surface area contributed by atoms with Gasteiger partial charge in [-0.2, -0.15) is 0 Å². The molecule has 0 aliphatic heterocycles. The van der Waals surface area contributed by atoms with Crippen molar-refractivity contribution in [3.8, 4) is 0 Å². The molecule has 0 aliphatic carbocycles. The third kappa shape index (κ3) is 17.1. The average Bonchev–Trinajstić information content (AvgIpc) is 2.42. The van der Waals surface area contributed by atoms with Gasteiger partial charge >= 0.3 is 35.5 Å². The van der Waals surface area contributed by atoms with Crippen LogP contribution in [0.5, 0.6) is 0 Å². The van der Waals surface area contributed by atoms with Gasteiger partial charge in [0.2, 0.25) is 8.32 Å². The van der Waals surface area contributed by atoms with E-state index in [-0.39, 0.29) is 42.1 Å². The number of rotatable bonds is 9. The van der Waals surface area contributed by atoms with Crippen LogP contribution in [0.15, 0.2) is 24.8 Å². The van der Waals surface area contributed by atoms with E-state index >= 15 is 0 Å². The first-order valence-corrected chi connectivity index (χ1v) is 12.4. The van der Waals surface area contributed by atoms with Crippen molar-refractivity contribution in [2.75, 3.05) is 26.5 Å². The molecule has 0 aliphatic rings. The normalized spacial score (nSPS) is 12.2. The molecule has 0 heterocycles. The monoisotopic (exact) mass is 417 g/mol. The summed E-state index contributed by atoms with van der Waals surface area (Å²) in [5.74, 6) is -1.56. The fraction of sp³-hybridized carbons (Fsp3) is 0.600. The molecule has 0 aromatic heterocycles. The van der Waals surface area contributed by atoms with Gasteiger partial charge < -0.3 is 14.1 Å². The number of hydrogen-bond donors (Lipinski definition) is 1. The molecule has 1 unspecified atom stereocenters. The fourth-order valence-corrected chi connectivity index (χ4v) is 2.95. The van der Waals surface area contributed by atoms with E-state index in [0.29, 0.717) is 12.0 Å². The molecule has 1 N–H and O–H groups in total. The van der Waals surface area contributed by atoms with Crippen molar-refractivity contribution in [3.63, 3.8) is 0 Å². The number of hydrogen-bond acceptors (Lipinski definition) is 8. The minimum atomic E-state index is -4.38. The Morgan fingerprint density at radius 1 is 1.31 bits per heavy atom. The van der Waals surface area contributed by atoms with Gasteiger partial charge in [-0.05, 0) is 39.8 Å². The van der Waals surface area contributed by atoms with Crippen LogP contribution in [0.25, 0.3) is 0 Å². The molecule has 146 valence electrons. The van der Waals surface area contributed by atoms with Crippen molar-refractivity contribution < 1.29 is 61.6 Å². The second kappa shape index (κ2) is 13.8. The summed E-state index contributed by atoms with van der Waals surface area (Å²) in [4.78, 5) is 23.6. The predicted octanol–water partition coefficient (Wildman–Crippen LogP) is -2.48. The summed E-state index contributed by atoms with van der Waals surface area (Å²) in [6, 6.07) is -0.931. The Morgan fingerprint density at radius 2 is 1.77 bits per heavy atom. The van der Waals surface area contributed by atoms with Crippen LogP contribution in [0, 0.1) is 0 Å². The summed E-state index contributed by atoms with van der Waals surface area (Å²) < 4.78 is 36.3. The van der Waals surface area contributed by atoms with E-state index < -0.39 is 36.0 Å². The molecule has 0 fully saturated rings. The van der Waals surface area contributed by atoms with E-state index in [1.54, 1.807) is 0 Å². The smallest absolute Gasteiger partial charge is 0.748 e. The number of carbonyl (C=O) groups excluding carboxylic acids is 2. The molecule has 0 aromatic rings. The minimum absolute atomic E-state index is 0. The fourth-order valence-electron chi connectivity index (χ4n) is 1.40. The van der Waals surface area contributed by atoms with E-state index in [4.69, 9.17) is 9.53 Å². The first kappa shape index (κ1) is 30.4. The molecular weight excluding hydrogens is 389 g/mol. The molecular formula is C15H28NNaO7SSi. The van der Waals surface area contributed by atoms with Gasteiger partial charge in [0.25, 0.3) is 0 Å². The molecule has 0 saturated heterocycles. The van der Waals surface area contributed by atoms with Crippen LogP contribution in [-0.2, 0) is 24.1 Å². The number of nitrogens with zero attached hydrogens (tertiary/aromatic N) is 1. The van der Waals surface area contributed by atoms with Gasteiger partial charge in [-0.1, -0.05) is 13.2 Å². The molecule has 11 heteroatoms. The SMILES string of the molecule is C=C(CCO)C(=O)O[Si](C)(C)C.C=CC(=O)C(CS(=O)(=O)[O-])N(C)C.[Na+]. The van der Waals surface area contributed by atoms with Gasteiger partial charge in [-0.3, -0.25) is 9.69 Å². The van der Waals surface area contributed by atoms with Crippen LogP contribution in [0.3, 0.4) is 0 Å². The van der Waals surface area contributed by atoms with Gasteiger partial charge in [0.15, 0.2) is 5.78 Å². The van der Waals surface area contributed by atoms with Crippen molar-refractivity contribution in [2.45, 2.75) is 32.1 Å². The van der Waals surface area contributed by atoms with E-state index in [2.05, 4.69) is 13.2 Å². The Bertz CT molecular complexity index is 585. The third-order valence-corrected chi connectivity index (χ3v) is 4.14. The van der Waals surface area contributed by atoms with Crippen molar-refractivity contribution in [2.24, 2.45) is 0 Å². The first-order valence-electron chi connectivity index (χ1n) is 7.42. The van der Waals surface area contributed by atoms with Crippen LogP contribution in [-0.4, -0.2) is 75.5 Å². The molecule has 0 rings (SSSR count). The molecule has 0 aromatic carbocycles. The molecule has 8 nitrogen and oxygen atoms in total.